The van der Waals surface area contributed by atoms with Gasteiger partial charge in [0.15, 0.2) is 0 Å². The highest BCUT2D eigenvalue weighted by Gasteiger charge is 2.60. The zero-order chi connectivity index (χ0) is 12.2. The van der Waals surface area contributed by atoms with Crippen LogP contribution in [0.5, 0.6) is 0 Å². The molecule has 3 unspecified atom stereocenters. The largest absolute Gasteiger partial charge is 0.309 e. The second-order valence-corrected chi connectivity index (χ2v) is 7.76. The Hall–Kier alpha value is -0.0400. The average molecular weight is 223 g/mol. The first-order valence-electron chi connectivity index (χ1n) is 6.97. The molecule has 0 heterocycles. The third-order valence-electron chi connectivity index (χ3n) is 5.82. The summed E-state index contributed by atoms with van der Waals surface area (Å²) >= 11 is 0. The molecule has 2 fully saturated rings. The van der Waals surface area contributed by atoms with Gasteiger partial charge in [0.1, 0.15) is 0 Å². The molecule has 2 aliphatic carbocycles. The molecule has 0 aromatic carbocycles. The van der Waals surface area contributed by atoms with E-state index in [1.807, 2.05) is 0 Å². The fraction of sp³-hybridized carbons (Fsp3) is 1.00. The van der Waals surface area contributed by atoms with E-state index in [0.717, 1.165) is 12.0 Å². The van der Waals surface area contributed by atoms with Crippen molar-refractivity contribution in [1.82, 2.24) is 5.32 Å². The lowest BCUT2D eigenvalue weighted by atomic mass is 9.66. The lowest BCUT2D eigenvalue weighted by Gasteiger charge is -2.43. The van der Waals surface area contributed by atoms with E-state index in [-0.39, 0.29) is 5.54 Å². The van der Waals surface area contributed by atoms with E-state index in [4.69, 9.17) is 0 Å². The first-order chi connectivity index (χ1) is 7.19. The van der Waals surface area contributed by atoms with Crippen LogP contribution in [0.15, 0.2) is 0 Å². The highest BCUT2D eigenvalue weighted by atomic mass is 15.0. The summed E-state index contributed by atoms with van der Waals surface area (Å²) in [5.74, 6) is 0.907. The first-order valence-corrected chi connectivity index (χ1v) is 6.97. The monoisotopic (exact) mass is 223 g/mol. The molecule has 0 aromatic rings. The van der Waals surface area contributed by atoms with Crippen LogP contribution in [0.4, 0.5) is 0 Å². The first kappa shape index (κ1) is 12.4. The SMILES string of the molecule is CC1CC[C@]2(C)C(NC(C)(C)C)CCC12C. The summed E-state index contributed by atoms with van der Waals surface area (Å²) in [6, 6.07) is 0.724. The topological polar surface area (TPSA) is 12.0 Å². The van der Waals surface area contributed by atoms with Crippen molar-refractivity contribution >= 4 is 0 Å². The molecule has 0 spiro atoms. The summed E-state index contributed by atoms with van der Waals surface area (Å²) < 4.78 is 0. The smallest absolute Gasteiger partial charge is 0.0131 e. The highest BCUT2D eigenvalue weighted by Crippen LogP contribution is 2.65. The van der Waals surface area contributed by atoms with Crippen molar-refractivity contribution in [1.29, 1.82) is 0 Å². The number of hydrogen-bond donors (Lipinski definition) is 1. The van der Waals surface area contributed by atoms with Crippen LogP contribution in [0.25, 0.3) is 0 Å². The second-order valence-electron chi connectivity index (χ2n) is 7.76. The molecule has 94 valence electrons. The standard InChI is InChI=1S/C15H29N/c1-11-7-9-15(6)12(16-13(2,3)4)8-10-14(11,15)5/h11-12,16H,7-10H2,1-6H3/t11?,12?,14?,15-/m1/s1. The van der Waals surface area contributed by atoms with Gasteiger partial charge in [0.2, 0.25) is 0 Å². The van der Waals surface area contributed by atoms with Gasteiger partial charge in [-0.05, 0) is 63.2 Å². The quantitative estimate of drug-likeness (QED) is 0.709. The zero-order valence-corrected chi connectivity index (χ0v) is 12.0. The van der Waals surface area contributed by atoms with Crippen LogP contribution in [0.1, 0.15) is 67.2 Å². The molecule has 0 aliphatic heterocycles. The second kappa shape index (κ2) is 3.48. The molecular weight excluding hydrogens is 194 g/mol. The van der Waals surface area contributed by atoms with Crippen molar-refractivity contribution in [3.63, 3.8) is 0 Å². The molecule has 4 atom stereocenters. The minimum absolute atomic E-state index is 0.255. The lowest BCUT2D eigenvalue weighted by Crippen LogP contribution is -2.51. The van der Waals surface area contributed by atoms with E-state index < -0.39 is 0 Å². The maximum absolute atomic E-state index is 3.88. The Morgan fingerprint density at radius 3 is 2.12 bits per heavy atom. The maximum atomic E-state index is 3.88. The van der Waals surface area contributed by atoms with Crippen LogP contribution in [0.3, 0.4) is 0 Å². The fourth-order valence-corrected chi connectivity index (χ4v) is 4.30. The Bertz CT molecular complexity index is 278. The van der Waals surface area contributed by atoms with E-state index in [1.54, 1.807) is 0 Å². The van der Waals surface area contributed by atoms with Crippen LogP contribution in [-0.4, -0.2) is 11.6 Å². The van der Waals surface area contributed by atoms with Gasteiger partial charge in [0.05, 0.1) is 0 Å². The van der Waals surface area contributed by atoms with E-state index in [2.05, 4.69) is 46.9 Å². The van der Waals surface area contributed by atoms with Gasteiger partial charge >= 0.3 is 0 Å². The number of hydrogen-bond acceptors (Lipinski definition) is 1. The molecule has 16 heavy (non-hydrogen) atoms. The third kappa shape index (κ3) is 1.63. The van der Waals surface area contributed by atoms with Crippen molar-refractivity contribution in [2.75, 3.05) is 0 Å². The van der Waals surface area contributed by atoms with Crippen molar-refractivity contribution in [2.45, 2.75) is 78.8 Å². The summed E-state index contributed by atoms with van der Waals surface area (Å²) in [4.78, 5) is 0. The average Bonchev–Trinajstić information content (AvgIpc) is 2.50. The third-order valence-corrected chi connectivity index (χ3v) is 5.82. The Labute approximate surface area is 101 Å². The van der Waals surface area contributed by atoms with E-state index >= 15 is 0 Å². The van der Waals surface area contributed by atoms with Crippen molar-refractivity contribution in [2.24, 2.45) is 16.7 Å². The summed E-state index contributed by atoms with van der Waals surface area (Å²) in [5, 5.41) is 3.88. The predicted molar refractivity (Wildman–Crippen MR) is 70.5 cm³/mol. The summed E-state index contributed by atoms with van der Waals surface area (Å²) in [7, 11) is 0. The minimum Gasteiger partial charge on any atom is -0.309 e. The van der Waals surface area contributed by atoms with E-state index in [1.165, 1.54) is 25.7 Å². The van der Waals surface area contributed by atoms with Crippen LogP contribution in [-0.2, 0) is 0 Å². The molecule has 1 N–H and O–H groups in total. The Kier molecular flexibility index (Phi) is 2.70. The van der Waals surface area contributed by atoms with Crippen molar-refractivity contribution in [3.05, 3.63) is 0 Å². The van der Waals surface area contributed by atoms with Crippen molar-refractivity contribution < 1.29 is 0 Å². The van der Waals surface area contributed by atoms with Gasteiger partial charge in [-0.25, -0.2) is 0 Å². The van der Waals surface area contributed by atoms with Crippen LogP contribution < -0.4 is 5.32 Å². The van der Waals surface area contributed by atoms with Gasteiger partial charge in [-0.2, -0.15) is 0 Å². The van der Waals surface area contributed by atoms with Crippen LogP contribution in [0.2, 0.25) is 0 Å². The molecule has 0 amide bonds. The number of rotatable bonds is 1. The Morgan fingerprint density at radius 1 is 1.00 bits per heavy atom. The number of nitrogens with one attached hydrogen (secondary N) is 1. The van der Waals surface area contributed by atoms with Crippen LogP contribution in [0, 0.1) is 16.7 Å². The molecule has 1 nitrogen and oxygen atoms in total. The summed E-state index contributed by atoms with van der Waals surface area (Å²) in [5.41, 5.74) is 1.36. The highest BCUT2D eigenvalue weighted by molar-refractivity contribution is 5.12. The molecule has 0 saturated heterocycles. The maximum Gasteiger partial charge on any atom is 0.0131 e. The van der Waals surface area contributed by atoms with E-state index in [9.17, 15) is 0 Å². The molecule has 0 bridgehead atoms. The molecule has 2 rings (SSSR count). The van der Waals surface area contributed by atoms with Gasteiger partial charge in [0.25, 0.3) is 0 Å². The molecule has 0 aromatic heterocycles. The van der Waals surface area contributed by atoms with Gasteiger partial charge in [-0.1, -0.05) is 20.8 Å². The van der Waals surface area contributed by atoms with Gasteiger partial charge in [-0.3, -0.25) is 0 Å². The zero-order valence-electron chi connectivity index (χ0n) is 12.0. The lowest BCUT2D eigenvalue weighted by molar-refractivity contribution is 0.0833. The number of fused-ring (bicyclic) bond motifs is 1. The normalized spacial score (nSPS) is 48.4. The van der Waals surface area contributed by atoms with Crippen LogP contribution >= 0.6 is 0 Å². The Morgan fingerprint density at radius 2 is 1.56 bits per heavy atom. The Balaban J connectivity index is 2.21. The summed E-state index contributed by atoms with van der Waals surface area (Å²) in [6.45, 7) is 14.4. The molecule has 2 saturated carbocycles. The molecular formula is C15H29N. The minimum atomic E-state index is 0.255. The molecule has 2 aliphatic rings. The fourth-order valence-electron chi connectivity index (χ4n) is 4.30. The van der Waals surface area contributed by atoms with Gasteiger partial charge in [0, 0.05) is 11.6 Å². The molecule has 1 heteroatoms. The predicted octanol–water partition coefficient (Wildman–Crippen LogP) is 3.98. The summed E-state index contributed by atoms with van der Waals surface area (Å²) in [6.07, 6.45) is 5.63. The van der Waals surface area contributed by atoms with Gasteiger partial charge in [-0.15, -0.1) is 0 Å². The van der Waals surface area contributed by atoms with E-state index in [0.29, 0.717) is 10.8 Å². The van der Waals surface area contributed by atoms with Gasteiger partial charge < -0.3 is 5.32 Å². The van der Waals surface area contributed by atoms with Crippen molar-refractivity contribution in [3.8, 4) is 0 Å². The molecule has 0 radical (unpaired) electrons.